The molecule has 0 aromatic heterocycles. The molecule has 0 aliphatic rings. The van der Waals surface area contributed by atoms with Crippen LogP contribution in [0.1, 0.15) is 239 Å². The zero-order valence-electron chi connectivity index (χ0n) is 37.4. The highest BCUT2D eigenvalue weighted by molar-refractivity contribution is 7.45. The SMILES string of the molecule is CCCCCCCCCCCCCCCCCCCCC(=O)N[C@@H](COP(=O)([O-])OCC[N+](C)(C)C)[C@H](O)CCCCCCCCCCCCCCCCC. The Labute approximate surface area is 342 Å². The van der Waals surface area contributed by atoms with Crippen molar-refractivity contribution in [3.05, 3.63) is 0 Å². The first-order valence-electron chi connectivity index (χ1n) is 23.9. The Balaban J connectivity index is 4.27. The van der Waals surface area contributed by atoms with Gasteiger partial charge in [0.15, 0.2) is 0 Å². The van der Waals surface area contributed by atoms with Gasteiger partial charge in [0.25, 0.3) is 7.82 Å². The van der Waals surface area contributed by atoms with Crippen molar-refractivity contribution in [2.45, 2.75) is 251 Å². The first-order chi connectivity index (χ1) is 26.5. The fourth-order valence-corrected chi connectivity index (χ4v) is 8.00. The van der Waals surface area contributed by atoms with Gasteiger partial charge in [0.1, 0.15) is 13.2 Å². The van der Waals surface area contributed by atoms with E-state index < -0.39 is 20.0 Å². The van der Waals surface area contributed by atoms with E-state index in [9.17, 15) is 19.4 Å². The minimum Gasteiger partial charge on any atom is -0.756 e. The fraction of sp³-hybridized carbons (Fsp3) is 0.978. The van der Waals surface area contributed by atoms with Gasteiger partial charge >= 0.3 is 0 Å². The summed E-state index contributed by atoms with van der Waals surface area (Å²) in [6, 6.07) is -0.793. The smallest absolute Gasteiger partial charge is 0.268 e. The van der Waals surface area contributed by atoms with Gasteiger partial charge in [0.2, 0.25) is 5.91 Å². The second-order valence-electron chi connectivity index (χ2n) is 17.8. The van der Waals surface area contributed by atoms with Crippen LogP contribution in [0.4, 0.5) is 0 Å². The molecule has 1 unspecified atom stereocenters. The molecule has 2 N–H and O–H groups in total. The number of aliphatic hydroxyl groups excluding tert-OH is 1. The molecule has 1 amide bonds. The molecular weight excluding hydrogens is 707 g/mol. The lowest BCUT2D eigenvalue weighted by molar-refractivity contribution is -0.870. The molecule has 0 spiro atoms. The van der Waals surface area contributed by atoms with E-state index in [2.05, 4.69) is 19.2 Å². The van der Waals surface area contributed by atoms with Crippen molar-refractivity contribution >= 4 is 13.7 Å². The number of aliphatic hydroxyl groups is 1. The molecule has 0 rings (SSSR count). The lowest BCUT2D eigenvalue weighted by Crippen LogP contribution is -2.46. The van der Waals surface area contributed by atoms with Crippen LogP contribution in [0.3, 0.4) is 0 Å². The molecule has 0 bridgehead atoms. The Morgan fingerprint density at radius 2 is 0.891 bits per heavy atom. The number of nitrogens with zero attached hydrogens (tertiary/aromatic N) is 1. The molecule has 55 heavy (non-hydrogen) atoms. The molecule has 0 aliphatic carbocycles. The van der Waals surface area contributed by atoms with E-state index in [1.54, 1.807) is 0 Å². The van der Waals surface area contributed by atoms with Gasteiger partial charge in [-0.25, -0.2) is 0 Å². The van der Waals surface area contributed by atoms with Gasteiger partial charge in [-0.1, -0.05) is 219 Å². The maximum atomic E-state index is 12.9. The van der Waals surface area contributed by atoms with E-state index in [4.69, 9.17) is 9.05 Å². The highest BCUT2D eigenvalue weighted by atomic mass is 31.2. The number of carbonyl (C=O) groups excluding carboxylic acids is 1. The van der Waals surface area contributed by atoms with Crippen molar-refractivity contribution in [2.24, 2.45) is 0 Å². The standard InChI is InChI=1S/C46H95N2O6P/c1-6-8-10-12-14-16-18-20-22-23-24-26-28-30-32-34-36-38-40-46(50)47-44(43-54-55(51,52)53-42-41-48(3,4)5)45(49)39-37-35-33-31-29-27-25-21-19-17-15-13-11-9-7-2/h44-45,49H,6-43H2,1-5H3,(H-,47,50,51,52)/t44-,45+/m0/s1. The predicted molar refractivity (Wildman–Crippen MR) is 233 cm³/mol. The Bertz CT molecular complexity index is 870. The average Bonchev–Trinajstić information content (AvgIpc) is 3.13. The average molecular weight is 803 g/mol. The van der Waals surface area contributed by atoms with Gasteiger partial charge < -0.3 is 28.8 Å². The van der Waals surface area contributed by atoms with Gasteiger partial charge in [0.05, 0.1) is 39.9 Å². The van der Waals surface area contributed by atoms with Crippen molar-refractivity contribution in [1.29, 1.82) is 0 Å². The number of hydrogen-bond donors (Lipinski definition) is 2. The highest BCUT2D eigenvalue weighted by Gasteiger charge is 2.24. The summed E-state index contributed by atoms with van der Waals surface area (Å²) in [4.78, 5) is 25.4. The van der Waals surface area contributed by atoms with Gasteiger partial charge in [-0.05, 0) is 12.8 Å². The normalized spacial score (nSPS) is 14.2. The van der Waals surface area contributed by atoms with Crippen LogP contribution in [0, 0.1) is 0 Å². The summed E-state index contributed by atoms with van der Waals surface area (Å²) in [6.45, 7) is 4.75. The van der Waals surface area contributed by atoms with Gasteiger partial charge in [0, 0.05) is 6.42 Å². The number of rotatable bonds is 44. The minimum atomic E-state index is -4.56. The monoisotopic (exact) mass is 803 g/mol. The second-order valence-corrected chi connectivity index (χ2v) is 19.2. The third kappa shape index (κ3) is 41.5. The first-order valence-corrected chi connectivity index (χ1v) is 25.3. The summed E-state index contributed by atoms with van der Waals surface area (Å²) < 4.78 is 23.3. The third-order valence-corrected chi connectivity index (χ3v) is 12.1. The molecule has 0 saturated heterocycles. The number of amides is 1. The number of phosphoric ester groups is 1. The lowest BCUT2D eigenvalue weighted by atomic mass is 10.0. The molecule has 0 fully saturated rings. The third-order valence-electron chi connectivity index (χ3n) is 11.1. The van der Waals surface area contributed by atoms with E-state index in [-0.39, 0.29) is 19.1 Å². The van der Waals surface area contributed by atoms with Crippen LogP contribution in [-0.4, -0.2) is 68.5 Å². The molecule has 0 heterocycles. The van der Waals surface area contributed by atoms with Crippen molar-refractivity contribution < 1.29 is 32.9 Å². The molecule has 0 aromatic rings. The molecule has 9 heteroatoms. The zero-order chi connectivity index (χ0) is 40.7. The summed E-state index contributed by atoms with van der Waals surface area (Å²) in [7, 11) is 1.32. The summed E-state index contributed by atoms with van der Waals surface area (Å²) in [5, 5.41) is 13.9. The number of carbonyl (C=O) groups is 1. The van der Waals surface area contributed by atoms with Crippen molar-refractivity contribution in [3.8, 4) is 0 Å². The van der Waals surface area contributed by atoms with Crippen LogP contribution in [0.25, 0.3) is 0 Å². The quantitative estimate of drug-likeness (QED) is 0.0361. The number of likely N-dealkylation sites (N-methyl/N-ethyl adjacent to an activating group) is 1. The van der Waals surface area contributed by atoms with E-state index in [0.29, 0.717) is 23.9 Å². The summed E-state index contributed by atoms with van der Waals surface area (Å²) >= 11 is 0. The number of hydrogen-bond acceptors (Lipinski definition) is 6. The molecule has 0 aromatic carbocycles. The molecule has 0 aliphatic heterocycles. The summed E-state index contributed by atoms with van der Waals surface area (Å²) in [5.74, 6) is -0.160. The van der Waals surface area contributed by atoms with Crippen LogP contribution >= 0.6 is 7.82 Å². The van der Waals surface area contributed by atoms with Crippen molar-refractivity contribution in [3.63, 3.8) is 0 Å². The van der Waals surface area contributed by atoms with E-state index >= 15 is 0 Å². The first kappa shape index (κ1) is 54.5. The number of quaternary nitrogens is 1. The Morgan fingerprint density at radius 1 is 0.564 bits per heavy atom. The van der Waals surface area contributed by atoms with Gasteiger partial charge in [-0.3, -0.25) is 9.36 Å². The molecule has 3 atom stereocenters. The van der Waals surface area contributed by atoms with Crippen LogP contribution in [0.15, 0.2) is 0 Å². The molecule has 330 valence electrons. The molecule has 8 nitrogen and oxygen atoms in total. The summed E-state index contributed by atoms with van der Waals surface area (Å²) in [6.07, 6.45) is 42.4. The van der Waals surface area contributed by atoms with E-state index in [0.717, 1.165) is 38.5 Å². The lowest BCUT2D eigenvalue weighted by Gasteiger charge is -2.30. The predicted octanol–water partition coefficient (Wildman–Crippen LogP) is 12.7. The topological polar surface area (TPSA) is 108 Å². The van der Waals surface area contributed by atoms with Crippen LogP contribution in [0.2, 0.25) is 0 Å². The van der Waals surface area contributed by atoms with E-state index in [1.165, 1.54) is 173 Å². The van der Waals surface area contributed by atoms with Crippen LogP contribution < -0.4 is 10.2 Å². The van der Waals surface area contributed by atoms with Crippen LogP contribution in [0.5, 0.6) is 0 Å². The van der Waals surface area contributed by atoms with Gasteiger partial charge in [-0.2, -0.15) is 0 Å². The van der Waals surface area contributed by atoms with Gasteiger partial charge in [-0.15, -0.1) is 0 Å². The fourth-order valence-electron chi connectivity index (χ4n) is 7.28. The Morgan fingerprint density at radius 3 is 1.24 bits per heavy atom. The second kappa shape index (κ2) is 39.0. The zero-order valence-corrected chi connectivity index (χ0v) is 38.3. The van der Waals surface area contributed by atoms with Crippen molar-refractivity contribution in [1.82, 2.24) is 5.32 Å². The largest absolute Gasteiger partial charge is 0.756 e. The number of nitrogens with one attached hydrogen (secondary N) is 1. The molecule has 0 radical (unpaired) electrons. The molecule has 0 saturated carbocycles. The Kier molecular flexibility index (Phi) is 38.6. The van der Waals surface area contributed by atoms with Crippen molar-refractivity contribution in [2.75, 3.05) is 40.9 Å². The maximum Gasteiger partial charge on any atom is 0.268 e. The summed E-state index contributed by atoms with van der Waals surface area (Å²) in [5.41, 5.74) is 0. The van der Waals surface area contributed by atoms with Crippen LogP contribution in [-0.2, 0) is 18.4 Å². The highest BCUT2D eigenvalue weighted by Crippen LogP contribution is 2.38. The number of phosphoric acid groups is 1. The molecular formula is C46H95N2O6P. The number of unbranched alkanes of at least 4 members (excludes halogenated alkanes) is 31. The van der Waals surface area contributed by atoms with E-state index in [1.807, 2.05) is 21.1 Å². The Hall–Kier alpha value is -0.500. The maximum absolute atomic E-state index is 12.9. The minimum absolute atomic E-state index is 0.0162.